The third-order valence-electron chi connectivity index (χ3n) is 4.70. The second-order valence-electron chi connectivity index (χ2n) is 6.91. The van der Waals surface area contributed by atoms with E-state index in [9.17, 15) is 18.0 Å². The summed E-state index contributed by atoms with van der Waals surface area (Å²) < 4.78 is 32.0. The number of benzene rings is 2. The Bertz CT molecular complexity index is 1200. The quantitative estimate of drug-likeness (QED) is 0.308. The lowest BCUT2D eigenvalue weighted by molar-refractivity contribution is -0.121. The Morgan fingerprint density at radius 2 is 1.87 bits per heavy atom. The van der Waals surface area contributed by atoms with Crippen molar-refractivity contribution in [3.63, 3.8) is 0 Å². The van der Waals surface area contributed by atoms with Crippen LogP contribution in [0.15, 0.2) is 53.6 Å². The number of hydrogen-bond acceptors (Lipinski definition) is 5. The van der Waals surface area contributed by atoms with Crippen molar-refractivity contribution in [2.24, 2.45) is 0 Å². The molecule has 0 aliphatic rings. The molecule has 2 aromatic carbocycles. The van der Waals surface area contributed by atoms with Gasteiger partial charge in [-0.15, -0.1) is 0 Å². The van der Waals surface area contributed by atoms with Crippen LogP contribution in [0.2, 0.25) is 0 Å². The van der Waals surface area contributed by atoms with Gasteiger partial charge in [-0.25, -0.2) is 13.1 Å². The molecular formula is C21H24N4O5S. The van der Waals surface area contributed by atoms with Crippen LogP contribution in [0.1, 0.15) is 21.5 Å². The van der Waals surface area contributed by atoms with Crippen LogP contribution in [-0.4, -0.2) is 45.5 Å². The molecule has 0 spiro atoms. The van der Waals surface area contributed by atoms with E-state index in [1.54, 1.807) is 13.1 Å². The third kappa shape index (κ3) is 5.48. The number of nitrogens with one attached hydrogen (secondary N) is 4. The number of amides is 2. The van der Waals surface area contributed by atoms with Crippen LogP contribution in [0, 0.1) is 6.92 Å². The lowest BCUT2D eigenvalue weighted by Crippen LogP contribution is -2.42. The Balaban J connectivity index is 1.65. The highest BCUT2D eigenvalue weighted by molar-refractivity contribution is 7.89. The van der Waals surface area contributed by atoms with Gasteiger partial charge in [0.2, 0.25) is 15.9 Å². The molecule has 31 heavy (non-hydrogen) atoms. The number of aromatic nitrogens is 1. The number of aromatic amines is 1. The van der Waals surface area contributed by atoms with E-state index in [2.05, 4.69) is 20.6 Å². The van der Waals surface area contributed by atoms with Gasteiger partial charge in [-0.05, 0) is 36.2 Å². The largest absolute Gasteiger partial charge is 0.383 e. The van der Waals surface area contributed by atoms with Gasteiger partial charge in [0.25, 0.3) is 5.91 Å². The van der Waals surface area contributed by atoms with Gasteiger partial charge in [0.05, 0.1) is 17.9 Å². The average molecular weight is 445 g/mol. The molecule has 0 bridgehead atoms. The number of hydrazine groups is 1. The molecule has 3 rings (SSSR count). The van der Waals surface area contributed by atoms with Gasteiger partial charge in [-0.1, -0.05) is 24.3 Å². The first-order chi connectivity index (χ1) is 14.8. The van der Waals surface area contributed by atoms with Crippen molar-refractivity contribution in [3.8, 4) is 0 Å². The van der Waals surface area contributed by atoms with Crippen LogP contribution in [-0.2, 0) is 26.0 Å². The lowest BCUT2D eigenvalue weighted by Gasteiger charge is -2.12. The SMILES string of the molecule is COCCNS(=O)(=O)c1ccc(C)c(C(=O)NNC(=O)Cc2c[nH]c3ccccc23)c1. The molecule has 0 atom stereocenters. The predicted molar refractivity (Wildman–Crippen MR) is 116 cm³/mol. The van der Waals surface area contributed by atoms with Crippen LogP contribution in [0.5, 0.6) is 0 Å². The molecule has 1 aromatic heterocycles. The third-order valence-corrected chi connectivity index (χ3v) is 6.16. The smallest absolute Gasteiger partial charge is 0.269 e. The molecule has 0 radical (unpaired) electrons. The summed E-state index contributed by atoms with van der Waals surface area (Å²) in [5, 5.41) is 0.929. The number of sulfonamides is 1. The second kappa shape index (κ2) is 9.73. The van der Waals surface area contributed by atoms with E-state index in [-0.39, 0.29) is 30.0 Å². The van der Waals surface area contributed by atoms with Gasteiger partial charge in [0, 0.05) is 36.3 Å². The number of hydrogen-bond donors (Lipinski definition) is 4. The zero-order valence-corrected chi connectivity index (χ0v) is 18.0. The van der Waals surface area contributed by atoms with Crippen LogP contribution in [0.25, 0.3) is 10.9 Å². The van der Waals surface area contributed by atoms with E-state index < -0.39 is 21.8 Å². The monoisotopic (exact) mass is 444 g/mol. The summed E-state index contributed by atoms with van der Waals surface area (Å²) in [5.41, 5.74) is 7.15. The van der Waals surface area contributed by atoms with E-state index in [1.165, 1.54) is 25.3 Å². The highest BCUT2D eigenvalue weighted by atomic mass is 32.2. The maximum absolute atomic E-state index is 12.6. The van der Waals surface area contributed by atoms with E-state index in [0.29, 0.717) is 5.56 Å². The van der Waals surface area contributed by atoms with Crippen molar-refractivity contribution in [2.45, 2.75) is 18.2 Å². The van der Waals surface area contributed by atoms with Crippen molar-refractivity contribution in [2.75, 3.05) is 20.3 Å². The Hall–Kier alpha value is -3.21. The zero-order valence-electron chi connectivity index (χ0n) is 17.2. The van der Waals surface area contributed by atoms with Crippen molar-refractivity contribution in [1.29, 1.82) is 0 Å². The molecule has 4 N–H and O–H groups in total. The average Bonchev–Trinajstić information content (AvgIpc) is 3.15. The van der Waals surface area contributed by atoms with Crippen molar-refractivity contribution < 1.29 is 22.7 Å². The normalized spacial score (nSPS) is 11.4. The summed E-state index contributed by atoms with van der Waals surface area (Å²) in [4.78, 5) is 27.9. The van der Waals surface area contributed by atoms with Crippen molar-refractivity contribution in [3.05, 3.63) is 65.4 Å². The van der Waals surface area contributed by atoms with Crippen LogP contribution in [0.4, 0.5) is 0 Å². The zero-order chi connectivity index (χ0) is 22.4. The Kier molecular flexibility index (Phi) is 7.06. The molecule has 10 heteroatoms. The first-order valence-corrected chi connectivity index (χ1v) is 11.0. The molecular weight excluding hydrogens is 420 g/mol. The number of ether oxygens (including phenoxy) is 1. The Morgan fingerprint density at radius 1 is 1.10 bits per heavy atom. The molecule has 0 aliphatic carbocycles. The van der Waals surface area contributed by atoms with Gasteiger partial charge in [-0.3, -0.25) is 20.4 Å². The lowest BCUT2D eigenvalue weighted by atomic mass is 10.1. The van der Waals surface area contributed by atoms with Crippen LogP contribution in [0.3, 0.4) is 0 Å². The maximum atomic E-state index is 12.6. The fourth-order valence-corrected chi connectivity index (χ4v) is 4.10. The molecule has 0 fully saturated rings. The summed E-state index contributed by atoms with van der Waals surface area (Å²) in [6.45, 7) is 2.01. The molecule has 0 unspecified atom stereocenters. The minimum absolute atomic E-state index is 0.0514. The number of H-pyrrole nitrogens is 1. The van der Waals surface area contributed by atoms with Crippen molar-refractivity contribution >= 4 is 32.7 Å². The van der Waals surface area contributed by atoms with E-state index in [4.69, 9.17) is 4.74 Å². The minimum Gasteiger partial charge on any atom is -0.383 e. The van der Waals surface area contributed by atoms with Gasteiger partial charge in [-0.2, -0.15) is 0 Å². The summed E-state index contributed by atoms with van der Waals surface area (Å²) >= 11 is 0. The number of fused-ring (bicyclic) bond motifs is 1. The molecule has 0 saturated carbocycles. The highest BCUT2D eigenvalue weighted by Gasteiger charge is 2.18. The molecule has 0 aliphatic heterocycles. The molecule has 3 aromatic rings. The van der Waals surface area contributed by atoms with E-state index in [0.717, 1.165) is 16.5 Å². The molecule has 0 saturated heterocycles. The van der Waals surface area contributed by atoms with Gasteiger partial charge >= 0.3 is 0 Å². The van der Waals surface area contributed by atoms with Crippen molar-refractivity contribution in [1.82, 2.24) is 20.6 Å². The van der Waals surface area contributed by atoms with E-state index in [1.807, 2.05) is 24.3 Å². The van der Waals surface area contributed by atoms with Gasteiger partial charge < -0.3 is 9.72 Å². The van der Waals surface area contributed by atoms with Gasteiger partial charge in [0.15, 0.2) is 0 Å². The number of carbonyl (C=O) groups is 2. The summed E-state index contributed by atoms with van der Waals surface area (Å²) in [6, 6.07) is 11.8. The number of carbonyl (C=O) groups excluding carboxylic acids is 2. The van der Waals surface area contributed by atoms with E-state index >= 15 is 0 Å². The number of rotatable bonds is 8. The number of aryl methyl sites for hydroxylation is 1. The van der Waals surface area contributed by atoms with Crippen LogP contribution < -0.4 is 15.6 Å². The minimum atomic E-state index is -3.79. The topological polar surface area (TPSA) is 129 Å². The Morgan fingerprint density at radius 3 is 2.65 bits per heavy atom. The van der Waals surface area contributed by atoms with Crippen LogP contribution >= 0.6 is 0 Å². The first kappa shape index (κ1) is 22.5. The summed E-state index contributed by atoms with van der Waals surface area (Å²) in [5.74, 6) is -1.01. The standard InChI is InChI=1S/C21H24N4O5S/c1-14-7-8-16(31(28,29)23-9-10-30-2)12-18(14)21(27)25-24-20(26)11-15-13-22-19-6-4-3-5-17(15)19/h3-8,12-13,22-23H,9-11H2,1-2H3,(H,24,26)(H,25,27). The molecule has 164 valence electrons. The number of methoxy groups -OCH3 is 1. The summed E-state index contributed by atoms with van der Waals surface area (Å²) in [6.07, 6.45) is 1.82. The van der Waals surface area contributed by atoms with Gasteiger partial charge in [0.1, 0.15) is 0 Å². The Labute approximate surface area is 180 Å². The second-order valence-corrected chi connectivity index (χ2v) is 8.67. The highest BCUT2D eigenvalue weighted by Crippen LogP contribution is 2.18. The summed E-state index contributed by atoms with van der Waals surface area (Å²) in [7, 11) is -2.32. The fourth-order valence-electron chi connectivity index (χ4n) is 3.06. The molecule has 9 nitrogen and oxygen atoms in total. The first-order valence-electron chi connectivity index (χ1n) is 9.55. The predicted octanol–water partition coefficient (Wildman–Crippen LogP) is 1.40. The molecule has 1 heterocycles. The molecule has 2 amide bonds. The maximum Gasteiger partial charge on any atom is 0.269 e. The number of para-hydroxylation sites is 1. The fraction of sp³-hybridized carbons (Fsp3) is 0.238.